The molecule has 0 aromatic heterocycles. The van der Waals surface area contributed by atoms with E-state index in [1.165, 1.54) is 34.0 Å². The van der Waals surface area contributed by atoms with Crippen LogP contribution in [0.25, 0.3) is 0 Å². The maximum absolute atomic E-state index is 5.52. The van der Waals surface area contributed by atoms with Gasteiger partial charge in [-0.25, -0.2) is 0 Å². The Hall–Kier alpha value is -2.09. The second-order valence-electron chi connectivity index (χ2n) is 6.79. The van der Waals surface area contributed by atoms with Gasteiger partial charge >= 0.3 is 0 Å². The van der Waals surface area contributed by atoms with Gasteiger partial charge in [-0.15, -0.1) is 0 Å². The summed E-state index contributed by atoms with van der Waals surface area (Å²) in [5.74, 6) is 0.827. The van der Waals surface area contributed by atoms with Gasteiger partial charge in [0.05, 0.1) is 5.71 Å². The summed E-state index contributed by atoms with van der Waals surface area (Å²) in [6.45, 7) is 11.0. The van der Waals surface area contributed by atoms with E-state index in [1.807, 2.05) is 0 Å². The molecule has 0 bridgehead atoms. The summed E-state index contributed by atoms with van der Waals surface area (Å²) in [6.07, 6.45) is 9.02. The molecule has 0 saturated heterocycles. The molecule has 0 saturated carbocycles. The van der Waals surface area contributed by atoms with Crippen LogP contribution in [0.2, 0.25) is 0 Å². The first kappa shape index (κ1) is 17.3. The fourth-order valence-corrected chi connectivity index (χ4v) is 3.40. The largest absolute Gasteiger partial charge is 0.403 e. The molecular weight excluding hydrogens is 280 g/mol. The summed E-state index contributed by atoms with van der Waals surface area (Å²) in [5, 5.41) is 0. The third-order valence-electron chi connectivity index (χ3n) is 4.26. The Morgan fingerprint density at radius 3 is 2.43 bits per heavy atom. The lowest BCUT2D eigenvalue weighted by molar-refractivity contribution is 0.686. The standard InChI is InChI=1S/C21H28N2/c1-14-8-15(2)11-19(10-14)18(5)21(23-7-6-22)20-12-16(3)9-17(4)13-20/h6-7,9-14,18H,8,22H2,1-5H3/b7-6-,23-21?. The third kappa shape index (κ3) is 4.44. The van der Waals surface area contributed by atoms with E-state index >= 15 is 0 Å². The fraction of sp³-hybridized carbons (Fsp3) is 0.381. The molecule has 0 radical (unpaired) electrons. The van der Waals surface area contributed by atoms with Crippen LogP contribution in [0.3, 0.4) is 0 Å². The molecule has 1 aliphatic rings. The topological polar surface area (TPSA) is 38.4 Å². The van der Waals surface area contributed by atoms with Crippen LogP contribution in [0.1, 0.15) is 43.9 Å². The van der Waals surface area contributed by atoms with Crippen molar-refractivity contribution in [2.75, 3.05) is 0 Å². The van der Waals surface area contributed by atoms with Crippen LogP contribution in [-0.4, -0.2) is 5.71 Å². The van der Waals surface area contributed by atoms with Gasteiger partial charge in [0.1, 0.15) is 0 Å². The monoisotopic (exact) mass is 308 g/mol. The van der Waals surface area contributed by atoms with Crippen molar-refractivity contribution in [1.29, 1.82) is 0 Å². The average Bonchev–Trinajstić information content (AvgIpc) is 2.45. The second kappa shape index (κ2) is 7.45. The number of rotatable bonds is 4. The minimum Gasteiger partial charge on any atom is -0.403 e. The summed E-state index contributed by atoms with van der Waals surface area (Å²) in [4.78, 5) is 4.66. The Morgan fingerprint density at radius 2 is 1.87 bits per heavy atom. The zero-order valence-electron chi connectivity index (χ0n) is 14.9. The van der Waals surface area contributed by atoms with E-state index in [1.54, 1.807) is 6.20 Å². The molecule has 122 valence electrons. The Balaban J connectivity index is 2.47. The molecular formula is C21H28N2. The number of benzene rings is 1. The van der Waals surface area contributed by atoms with Crippen LogP contribution in [0, 0.1) is 25.7 Å². The SMILES string of the molecule is CC1=CC(C(C)C(=N/C=C\N)c2cc(C)cc(C)c2)=CC(C)C1. The highest BCUT2D eigenvalue weighted by Crippen LogP contribution is 2.29. The molecule has 2 rings (SSSR count). The van der Waals surface area contributed by atoms with Crippen LogP contribution in [0.15, 0.2) is 58.9 Å². The third-order valence-corrected chi connectivity index (χ3v) is 4.26. The molecule has 1 aromatic carbocycles. The quantitative estimate of drug-likeness (QED) is 0.775. The minimum atomic E-state index is 0.241. The molecule has 2 atom stereocenters. The summed E-state index contributed by atoms with van der Waals surface area (Å²) in [6, 6.07) is 6.60. The smallest absolute Gasteiger partial charge is 0.0548 e. The van der Waals surface area contributed by atoms with Crippen molar-refractivity contribution in [2.24, 2.45) is 22.6 Å². The molecule has 1 aliphatic carbocycles. The number of nitrogens with zero attached hydrogens (tertiary/aromatic N) is 1. The highest BCUT2D eigenvalue weighted by atomic mass is 14.7. The van der Waals surface area contributed by atoms with E-state index < -0.39 is 0 Å². The molecule has 2 unspecified atom stereocenters. The molecule has 2 heteroatoms. The molecule has 0 aliphatic heterocycles. The lowest BCUT2D eigenvalue weighted by Crippen LogP contribution is -2.17. The van der Waals surface area contributed by atoms with Gasteiger partial charge in [-0.3, -0.25) is 4.99 Å². The van der Waals surface area contributed by atoms with Crippen LogP contribution in [0.5, 0.6) is 0 Å². The predicted octanol–water partition coefficient (Wildman–Crippen LogP) is 5.07. The molecule has 2 N–H and O–H groups in total. The number of hydrogen-bond acceptors (Lipinski definition) is 2. The lowest BCUT2D eigenvalue weighted by Gasteiger charge is -2.23. The van der Waals surface area contributed by atoms with Crippen molar-refractivity contribution in [3.63, 3.8) is 0 Å². The first-order valence-electron chi connectivity index (χ1n) is 8.32. The summed E-state index contributed by atoms with van der Waals surface area (Å²) in [5.41, 5.74) is 13.1. The molecule has 0 fully saturated rings. The van der Waals surface area contributed by atoms with Gasteiger partial charge in [0.25, 0.3) is 0 Å². The molecule has 0 spiro atoms. The maximum Gasteiger partial charge on any atom is 0.0548 e. The average molecular weight is 308 g/mol. The normalized spacial score (nSPS) is 20.4. The van der Waals surface area contributed by atoms with Gasteiger partial charge in [0, 0.05) is 18.3 Å². The van der Waals surface area contributed by atoms with Crippen molar-refractivity contribution in [2.45, 2.75) is 41.0 Å². The van der Waals surface area contributed by atoms with Gasteiger partial charge in [0.2, 0.25) is 0 Å². The van der Waals surface area contributed by atoms with E-state index in [0.29, 0.717) is 5.92 Å². The predicted molar refractivity (Wildman–Crippen MR) is 101 cm³/mol. The molecule has 23 heavy (non-hydrogen) atoms. The Kier molecular flexibility index (Phi) is 5.59. The van der Waals surface area contributed by atoms with Crippen LogP contribution in [0.4, 0.5) is 0 Å². The van der Waals surface area contributed by atoms with E-state index in [9.17, 15) is 0 Å². The van der Waals surface area contributed by atoms with Gasteiger partial charge in [-0.05, 0) is 44.2 Å². The van der Waals surface area contributed by atoms with Crippen LogP contribution in [-0.2, 0) is 0 Å². The molecule has 0 heterocycles. The Labute approximate surface area is 140 Å². The molecule has 0 amide bonds. The van der Waals surface area contributed by atoms with Crippen molar-refractivity contribution in [3.05, 3.63) is 70.6 Å². The Bertz CT molecular complexity index is 670. The molecule has 1 aromatic rings. The summed E-state index contributed by atoms with van der Waals surface area (Å²) in [7, 11) is 0. The minimum absolute atomic E-state index is 0.241. The van der Waals surface area contributed by atoms with Gasteiger partial charge in [-0.1, -0.05) is 60.9 Å². The number of hydrogen-bond donors (Lipinski definition) is 1. The second-order valence-corrected chi connectivity index (χ2v) is 6.79. The van der Waals surface area contributed by atoms with Gasteiger partial charge in [-0.2, -0.15) is 0 Å². The fourth-order valence-electron chi connectivity index (χ4n) is 3.40. The lowest BCUT2D eigenvalue weighted by atomic mass is 9.83. The number of aliphatic imine (C=N–C) groups is 1. The molecule has 2 nitrogen and oxygen atoms in total. The maximum atomic E-state index is 5.52. The zero-order chi connectivity index (χ0) is 17.0. The van der Waals surface area contributed by atoms with Gasteiger partial charge < -0.3 is 5.73 Å². The summed E-state index contributed by atoms with van der Waals surface area (Å²) >= 11 is 0. The zero-order valence-corrected chi connectivity index (χ0v) is 14.9. The number of allylic oxidation sites excluding steroid dienone is 4. The van der Waals surface area contributed by atoms with Crippen LogP contribution < -0.4 is 5.73 Å². The highest BCUT2D eigenvalue weighted by molar-refractivity contribution is 6.04. The number of aryl methyl sites for hydroxylation is 2. The van der Waals surface area contributed by atoms with E-state index in [2.05, 4.69) is 70.0 Å². The Morgan fingerprint density at radius 1 is 1.22 bits per heavy atom. The first-order chi connectivity index (χ1) is 10.9. The van der Waals surface area contributed by atoms with Crippen molar-refractivity contribution in [3.8, 4) is 0 Å². The number of nitrogens with two attached hydrogens (primary N) is 1. The van der Waals surface area contributed by atoms with Crippen molar-refractivity contribution >= 4 is 5.71 Å². The van der Waals surface area contributed by atoms with Gasteiger partial charge in [0.15, 0.2) is 0 Å². The van der Waals surface area contributed by atoms with Crippen molar-refractivity contribution in [1.82, 2.24) is 0 Å². The first-order valence-corrected chi connectivity index (χ1v) is 8.32. The van der Waals surface area contributed by atoms with E-state index in [4.69, 9.17) is 5.73 Å². The summed E-state index contributed by atoms with van der Waals surface area (Å²) < 4.78 is 0. The highest BCUT2D eigenvalue weighted by Gasteiger charge is 2.20. The van der Waals surface area contributed by atoms with Crippen molar-refractivity contribution < 1.29 is 0 Å². The van der Waals surface area contributed by atoms with E-state index in [-0.39, 0.29) is 5.92 Å². The van der Waals surface area contributed by atoms with Crippen LogP contribution >= 0.6 is 0 Å². The van der Waals surface area contributed by atoms with E-state index in [0.717, 1.165) is 12.1 Å².